The summed E-state index contributed by atoms with van der Waals surface area (Å²) in [5.41, 5.74) is 17.1. The van der Waals surface area contributed by atoms with Crippen LogP contribution in [0.2, 0.25) is 0 Å². The molecule has 292 valence electrons. The van der Waals surface area contributed by atoms with Crippen molar-refractivity contribution in [2.75, 3.05) is 0 Å². The van der Waals surface area contributed by atoms with Gasteiger partial charge in [-0.3, -0.25) is 9.97 Å². The van der Waals surface area contributed by atoms with Gasteiger partial charge < -0.3 is 0 Å². The predicted octanol–water partition coefficient (Wildman–Crippen LogP) is 13.1. The number of aromatic nitrogens is 5. The molecule has 0 radical (unpaired) electrons. The minimum Gasteiger partial charge on any atom is -0.265 e. The molecular formula is C56H37N5S. The predicted molar refractivity (Wildman–Crippen MR) is 251 cm³/mol. The van der Waals surface area contributed by atoms with Gasteiger partial charge in [0, 0.05) is 68.7 Å². The second-order valence-corrected chi connectivity index (χ2v) is 17.2. The summed E-state index contributed by atoms with van der Waals surface area (Å²) in [6.07, 6.45) is 14.4. The normalized spacial score (nSPS) is 16.5. The van der Waals surface area contributed by atoms with Crippen molar-refractivity contribution in [2.45, 2.75) is 15.6 Å². The van der Waals surface area contributed by atoms with Gasteiger partial charge in [0.05, 0.1) is 28.2 Å². The number of thioether (sulfide) groups is 1. The van der Waals surface area contributed by atoms with Crippen LogP contribution in [0.1, 0.15) is 22.5 Å². The molecule has 3 aliphatic rings. The van der Waals surface area contributed by atoms with Gasteiger partial charge in [-0.05, 0) is 93.5 Å². The molecule has 6 heteroatoms. The van der Waals surface area contributed by atoms with Crippen LogP contribution in [0, 0.1) is 5.92 Å². The molecule has 5 aromatic carbocycles. The molecule has 5 nitrogen and oxygen atoms in total. The lowest BCUT2D eigenvalue weighted by molar-refractivity contribution is 0.451. The topological polar surface area (TPSA) is 64.5 Å². The molecule has 0 saturated heterocycles. The standard InChI is InChI=1S/C56H37N5S/c1-3-11-36(12-4-1)51-35-52(37-13-5-2-6-14-37)61-55(60-51)41-20-22-54-48(32-41)56(45-17-9-7-15-43(45)44-16-8-10-18-46(44)56)47-31-40(19-21-53(47)62-54)42-33-49(38-23-27-57-28-24-38)59-50(34-42)39-25-29-58-30-26-39/h1-35,48,54H. The Morgan fingerprint density at radius 2 is 0.935 bits per heavy atom. The first-order chi connectivity index (χ1) is 30.7. The number of rotatable bonds is 6. The summed E-state index contributed by atoms with van der Waals surface area (Å²) in [7, 11) is 0. The van der Waals surface area contributed by atoms with E-state index in [0.717, 1.165) is 67.6 Å². The first kappa shape index (κ1) is 36.3. The van der Waals surface area contributed by atoms with E-state index in [1.807, 2.05) is 72.9 Å². The Bertz CT molecular complexity index is 3060. The summed E-state index contributed by atoms with van der Waals surface area (Å²) >= 11 is 1.95. The quantitative estimate of drug-likeness (QED) is 0.167. The van der Waals surface area contributed by atoms with Crippen LogP contribution in [0.15, 0.2) is 218 Å². The van der Waals surface area contributed by atoms with Crippen LogP contribution in [-0.4, -0.2) is 30.2 Å². The fourth-order valence-electron chi connectivity index (χ4n) is 9.79. The molecule has 62 heavy (non-hydrogen) atoms. The highest BCUT2D eigenvalue weighted by atomic mass is 32.2. The molecule has 0 N–H and O–H groups in total. The number of allylic oxidation sites excluding steroid dienone is 3. The third-order valence-electron chi connectivity index (χ3n) is 12.6. The number of pyridine rings is 3. The van der Waals surface area contributed by atoms with E-state index in [9.17, 15) is 0 Å². The van der Waals surface area contributed by atoms with Crippen LogP contribution in [0.3, 0.4) is 0 Å². The number of hydrogen-bond acceptors (Lipinski definition) is 6. The van der Waals surface area contributed by atoms with E-state index in [-0.39, 0.29) is 11.2 Å². The SMILES string of the molecule is C1=CC2Sc3ccc(-c4cc(-c5ccncc5)nc(-c5ccncc5)c4)cc3C3(c4ccccc4-c4ccccc43)C2C=C1c1nc(-c2ccccc2)cc(-c2ccccc2)n1. The lowest BCUT2D eigenvalue weighted by atomic mass is 9.61. The first-order valence-corrected chi connectivity index (χ1v) is 21.8. The molecule has 5 heterocycles. The molecule has 9 aromatic rings. The van der Waals surface area contributed by atoms with Crippen LogP contribution in [0.4, 0.5) is 0 Å². The fraction of sp³-hybridized carbons (Fsp3) is 0.0536. The Labute approximate surface area is 364 Å². The van der Waals surface area contributed by atoms with Crippen LogP contribution >= 0.6 is 11.8 Å². The van der Waals surface area contributed by atoms with E-state index < -0.39 is 5.41 Å². The van der Waals surface area contributed by atoms with E-state index in [2.05, 4.69) is 162 Å². The van der Waals surface area contributed by atoms with Crippen LogP contribution < -0.4 is 0 Å². The fourth-order valence-corrected chi connectivity index (χ4v) is 11.2. The number of nitrogens with zero attached hydrogens (tertiary/aromatic N) is 5. The van der Waals surface area contributed by atoms with Crippen molar-refractivity contribution in [3.8, 4) is 67.3 Å². The molecule has 4 aromatic heterocycles. The van der Waals surface area contributed by atoms with E-state index >= 15 is 0 Å². The van der Waals surface area contributed by atoms with Gasteiger partial charge in [0.1, 0.15) is 0 Å². The maximum absolute atomic E-state index is 5.31. The van der Waals surface area contributed by atoms with Crippen LogP contribution in [-0.2, 0) is 5.41 Å². The summed E-state index contributed by atoms with van der Waals surface area (Å²) in [5, 5.41) is 0.166. The van der Waals surface area contributed by atoms with Crippen molar-refractivity contribution >= 4 is 17.3 Å². The summed E-state index contributed by atoms with van der Waals surface area (Å²) in [6.45, 7) is 0. The summed E-state index contributed by atoms with van der Waals surface area (Å²) in [5.74, 6) is 0.768. The van der Waals surface area contributed by atoms with Crippen molar-refractivity contribution in [3.05, 3.63) is 235 Å². The van der Waals surface area contributed by atoms with Gasteiger partial charge >= 0.3 is 0 Å². The average molecular weight is 812 g/mol. The third kappa shape index (κ3) is 5.98. The summed E-state index contributed by atoms with van der Waals surface area (Å²) < 4.78 is 0. The van der Waals surface area contributed by atoms with Gasteiger partial charge in [0.2, 0.25) is 0 Å². The third-order valence-corrected chi connectivity index (χ3v) is 13.9. The number of benzene rings is 5. The second kappa shape index (κ2) is 14.9. The zero-order valence-corrected chi connectivity index (χ0v) is 34.3. The van der Waals surface area contributed by atoms with Gasteiger partial charge in [-0.1, -0.05) is 133 Å². The lowest BCUT2D eigenvalue weighted by Gasteiger charge is -2.48. The van der Waals surface area contributed by atoms with Crippen molar-refractivity contribution < 1.29 is 0 Å². The summed E-state index contributed by atoms with van der Waals surface area (Å²) in [4.78, 5) is 25.7. The van der Waals surface area contributed by atoms with Gasteiger partial charge in [-0.15, -0.1) is 11.8 Å². The minimum absolute atomic E-state index is 0.0430. The minimum atomic E-state index is -0.501. The van der Waals surface area contributed by atoms with Crippen molar-refractivity contribution in [2.24, 2.45) is 5.92 Å². The Morgan fingerprint density at radius 3 is 1.52 bits per heavy atom. The smallest absolute Gasteiger partial charge is 0.160 e. The highest BCUT2D eigenvalue weighted by molar-refractivity contribution is 8.00. The van der Waals surface area contributed by atoms with Crippen molar-refractivity contribution in [3.63, 3.8) is 0 Å². The Kier molecular flexibility index (Phi) is 8.71. The Hall–Kier alpha value is -7.54. The van der Waals surface area contributed by atoms with Gasteiger partial charge in [-0.25, -0.2) is 15.0 Å². The van der Waals surface area contributed by atoms with Crippen LogP contribution in [0.5, 0.6) is 0 Å². The molecule has 1 spiro atoms. The Morgan fingerprint density at radius 1 is 0.419 bits per heavy atom. The molecule has 0 saturated carbocycles. The Balaban J connectivity index is 1.08. The zero-order chi connectivity index (χ0) is 41.0. The molecule has 1 aliphatic heterocycles. The van der Waals surface area contributed by atoms with E-state index in [1.54, 1.807) is 0 Å². The molecular weight excluding hydrogens is 775 g/mol. The second-order valence-electron chi connectivity index (χ2n) is 16.0. The molecule has 2 aliphatic carbocycles. The molecule has 2 unspecified atom stereocenters. The van der Waals surface area contributed by atoms with Crippen molar-refractivity contribution in [1.82, 2.24) is 24.9 Å². The highest BCUT2D eigenvalue weighted by Crippen LogP contribution is 2.64. The van der Waals surface area contributed by atoms with Crippen LogP contribution in [0.25, 0.3) is 72.9 Å². The summed E-state index contributed by atoms with van der Waals surface area (Å²) in [6, 6.07) is 60.7. The van der Waals surface area contributed by atoms with Gasteiger partial charge in [0.15, 0.2) is 5.82 Å². The van der Waals surface area contributed by atoms with E-state index in [4.69, 9.17) is 15.0 Å². The number of hydrogen-bond donors (Lipinski definition) is 0. The highest BCUT2D eigenvalue weighted by Gasteiger charge is 2.55. The molecule has 12 rings (SSSR count). The van der Waals surface area contributed by atoms with Gasteiger partial charge in [0.25, 0.3) is 0 Å². The largest absolute Gasteiger partial charge is 0.265 e. The molecule has 2 atom stereocenters. The van der Waals surface area contributed by atoms with E-state index in [1.165, 1.54) is 32.7 Å². The van der Waals surface area contributed by atoms with Crippen molar-refractivity contribution in [1.29, 1.82) is 0 Å². The first-order valence-electron chi connectivity index (χ1n) is 20.9. The maximum Gasteiger partial charge on any atom is 0.160 e. The van der Waals surface area contributed by atoms with E-state index in [0.29, 0.717) is 0 Å². The zero-order valence-electron chi connectivity index (χ0n) is 33.5. The molecule has 0 amide bonds. The molecule has 0 bridgehead atoms. The number of fused-ring (bicyclic) bond motifs is 9. The lowest BCUT2D eigenvalue weighted by Crippen LogP contribution is -2.44. The molecule has 0 fully saturated rings. The monoisotopic (exact) mass is 811 g/mol. The average Bonchev–Trinajstić information content (AvgIpc) is 3.65. The van der Waals surface area contributed by atoms with Gasteiger partial charge in [-0.2, -0.15) is 0 Å². The maximum atomic E-state index is 5.31.